The van der Waals surface area contributed by atoms with Gasteiger partial charge in [0.2, 0.25) is 0 Å². The van der Waals surface area contributed by atoms with Gasteiger partial charge in [-0.3, -0.25) is 0 Å². The monoisotopic (exact) mass is 243 g/mol. The third-order valence-corrected chi connectivity index (χ3v) is 4.03. The quantitative estimate of drug-likeness (QED) is 0.827. The molecule has 0 bridgehead atoms. The third-order valence-electron chi connectivity index (χ3n) is 4.03. The molecule has 1 aliphatic rings. The summed E-state index contributed by atoms with van der Waals surface area (Å²) in [5, 5.41) is 4.97. The topological polar surface area (TPSA) is 20.2 Å². The van der Waals surface area contributed by atoms with E-state index >= 15 is 0 Å². The molecule has 0 radical (unpaired) electrons. The number of nitrogens with zero attached hydrogens (tertiary/aromatic N) is 2. The smallest absolute Gasteiger partial charge is 0.0604 e. The second kappa shape index (κ2) is 4.41. The van der Waals surface area contributed by atoms with Crippen LogP contribution in [-0.4, -0.2) is 36.1 Å². The lowest BCUT2D eigenvalue weighted by Crippen LogP contribution is -2.44. The molecule has 0 amide bonds. The maximum Gasteiger partial charge on any atom is 0.0604 e. The van der Waals surface area contributed by atoms with Crippen LogP contribution in [0.1, 0.15) is 17.3 Å². The highest BCUT2D eigenvalue weighted by Gasteiger charge is 2.21. The van der Waals surface area contributed by atoms with Crippen LogP contribution in [0, 0.1) is 6.92 Å². The van der Waals surface area contributed by atoms with Gasteiger partial charge < -0.3 is 14.8 Å². The third kappa shape index (κ3) is 1.84. The largest absolute Gasteiger partial charge is 0.346 e. The van der Waals surface area contributed by atoms with Crippen LogP contribution in [0.3, 0.4) is 0 Å². The van der Waals surface area contributed by atoms with E-state index in [9.17, 15) is 0 Å². The molecule has 1 aliphatic heterocycles. The lowest BCUT2D eigenvalue weighted by Gasteiger charge is -2.31. The van der Waals surface area contributed by atoms with Crippen LogP contribution in [0.4, 0.5) is 0 Å². The number of nitrogens with one attached hydrogen (secondary N) is 1. The molecule has 1 saturated heterocycles. The highest BCUT2D eigenvalue weighted by molar-refractivity contribution is 5.84. The first-order valence-corrected chi connectivity index (χ1v) is 6.63. The van der Waals surface area contributed by atoms with Gasteiger partial charge in [-0.2, -0.15) is 0 Å². The number of hydrogen-bond donors (Lipinski definition) is 1. The van der Waals surface area contributed by atoms with Gasteiger partial charge in [0.25, 0.3) is 0 Å². The molecule has 1 aromatic carbocycles. The molecule has 3 rings (SSSR count). The molecule has 1 unspecified atom stereocenters. The maximum atomic E-state index is 3.62. The number of likely N-dealkylation sites (N-methyl/N-ethyl adjacent to an activating group) is 1. The second-order valence-corrected chi connectivity index (χ2v) is 5.41. The number of aromatic nitrogens is 1. The Bertz CT molecular complexity index is 570. The molecule has 2 aromatic rings. The van der Waals surface area contributed by atoms with Crippen molar-refractivity contribution in [2.75, 3.05) is 26.7 Å². The molecule has 2 heterocycles. The van der Waals surface area contributed by atoms with E-state index in [-0.39, 0.29) is 0 Å². The van der Waals surface area contributed by atoms with Gasteiger partial charge in [0.15, 0.2) is 0 Å². The minimum atomic E-state index is 0.445. The van der Waals surface area contributed by atoms with Crippen molar-refractivity contribution < 1.29 is 0 Å². The zero-order valence-electron chi connectivity index (χ0n) is 11.4. The average Bonchev–Trinajstić information content (AvgIpc) is 2.68. The van der Waals surface area contributed by atoms with Gasteiger partial charge in [-0.25, -0.2) is 0 Å². The van der Waals surface area contributed by atoms with Crippen LogP contribution >= 0.6 is 0 Å². The summed E-state index contributed by atoms with van der Waals surface area (Å²) in [6.07, 6.45) is 0. The number of benzene rings is 1. The molecule has 1 fully saturated rings. The van der Waals surface area contributed by atoms with Crippen LogP contribution in [0.25, 0.3) is 10.9 Å². The Morgan fingerprint density at radius 3 is 2.83 bits per heavy atom. The van der Waals surface area contributed by atoms with Crippen LogP contribution in [-0.2, 0) is 7.05 Å². The summed E-state index contributed by atoms with van der Waals surface area (Å²) < 4.78 is 2.35. The lowest BCUT2D eigenvalue weighted by atomic mass is 10.1. The molecule has 0 spiro atoms. The predicted octanol–water partition coefficient (Wildman–Crippen LogP) is 2.06. The molecule has 0 aliphatic carbocycles. The van der Waals surface area contributed by atoms with Gasteiger partial charge in [0, 0.05) is 37.8 Å². The summed E-state index contributed by atoms with van der Waals surface area (Å²) in [5.41, 5.74) is 4.11. The highest BCUT2D eigenvalue weighted by atomic mass is 15.2. The van der Waals surface area contributed by atoms with Gasteiger partial charge in [0.1, 0.15) is 0 Å². The Morgan fingerprint density at radius 2 is 2.11 bits per heavy atom. The van der Waals surface area contributed by atoms with Crippen molar-refractivity contribution in [2.45, 2.75) is 13.0 Å². The number of para-hydroxylation sites is 1. The normalized spacial score (nSPS) is 21.6. The van der Waals surface area contributed by atoms with Crippen molar-refractivity contribution in [2.24, 2.45) is 7.05 Å². The number of fused-ring (bicyclic) bond motifs is 1. The van der Waals surface area contributed by atoms with Gasteiger partial charge in [-0.05, 0) is 25.6 Å². The lowest BCUT2D eigenvalue weighted by molar-refractivity contribution is 0.236. The molecular formula is C15H21N3. The Kier molecular flexibility index (Phi) is 2.88. The zero-order chi connectivity index (χ0) is 12.7. The zero-order valence-corrected chi connectivity index (χ0v) is 11.4. The van der Waals surface area contributed by atoms with Gasteiger partial charge in [-0.15, -0.1) is 0 Å². The van der Waals surface area contributed by atoms with Crippen molar-refractivity contribution in [3.8, 4) is 0 Å². The van der Waals surface area contributed by atoms with E-state index in [0.29, 0.717) is 6.04 Å². The summed E-state index contributed by atoms with van der Waals surface area (Å²) in [6.45, 7) is 5.48. The summed E-state index contributed by atoms with van der Waals surface area (Å²) in [7, 11) is 4.38. The summed E-state index contributed by atoms with van der Waals surface area (Å²) in [6, 6.07) is 9.31. The minimum absolute atomic E-state index is 0.445. The van der Waals surface area contributed by atoms with E-state index in [0.717, 1.165) is 19.6 Å². The fraction of sp³-hybridized carbons (Fsp3) is 0.467. The van der Waals surface area contributed by atoms with E-state index in [1.807, 2.05) is 0 Å². The molecule has 0 saturated carbocycles. The first-order chi connectivity index (χ1) is 8.66. The van der Waals surface area contributed by atoms with Crippen LogP contribution in [0.2, 0.25) is 0 Å². The van der Waals surface area contributed by atoms with Crippen molar-refractivity contribution in [3.05, 3.63) is 35.5 Å². The molecule has 96 valence electrons. The molecule has 3 heteroatoms. The van der Waals surface area contributed by atoms with Crippen molar-refractivity contribution in [1.82, 2.24) is 14.8 Å². The van der Waals surface area contributed by atoms with Crippen LogP contribution < -0.4 is 5.32 Å². The van der Waals surface area contributed by atoms with E-state index in [1.165, 1.54) is 22.2 Å². The standard InChI is InChI=1S/C15H21N3/c1-11-5-4-6-12-9-14(18(3)15(11)12)13-10-17(2)8-7-16-13/h4-6,9,13,16H,7-8,10H2,1-3H3. The van der Waals surface area contributed by atoms with E-state index in [2.05, 4.69) is 60.1 Å². The molecule has 1 aromatic heterocycles. The number of piperazine rings is 1. The fourth-order valence-corrected chi connectivity index (χ4v) is 3.07. The van der Waals surface area contributed by atoms with E-state index in [1.54, 1.807) is 0 Å². The van der Waals surface area contributed by atoms with Crippen LogP contribution in [0.5, 0.6) is 0 Å². The minimum Gasteiger partial charge on any atom is -0.346 e. The first-order valence-electron chi connectivity index (χ1n) is 6.63. The molecule has 1 N–H and O–H groups in total. The molecule has 3 nitrogen and oxygen atoms in total. The van der Waals surface area contributed by atoms with Gasteiger partial charge in [0.05, 0.1) is 11.6 Å². The number of hydrogen-bond acceptors (Lipinski definition) is 2. The van der Waals surface area contributed by atoms with Crippen molar-refractivity contribution in [1.29, 1.82) is 0 Å². The SMILES string of the molecule is Cc1cccc2cc(C3CN(C)CCN3)n(C)c12. The Hall–Kier alpha value is -1.32. The summed E-state index contributed by atoms with van der Waals surface area (Å²) >= 11 is 0. The first kappa shape index (κ1) is 11.8. The fourth-order valence-electron chi connectivity index (χ4n) is 3.07. The maximum absolute atomic E-state index is 3.62. The Labute approximate surface area is 108 Å². The van der Waals surface area contributed by atoms with Gasteiger partial charge >= 0.3 is 0 Å². The summed E-state index contributed by atoms with van der Waals surface area (Å²) in [5.74, 6) is 0. The Balaban J connectivity index is 2.07. The Morgan fingerprint density at radius 1 is 1.28 bits per heavy atom. The number of rotatable bonds is 1. The molecule has 18 heavy (non-hydrogen) atoms. The molecular weight excluding hydrogens is 222 g/mol. The number of aryl methyl sites for hydroxylation is 2. The van der Waals surface area contributed by atoms with E-state index < -0.39 is 0 Å². The van der Waals surface area contributed by atoms with Crippen molar-refractivity contribution >= 4 is 10.9 Å². The van der Waals surface area contributed by atoms with E-state index in [4.69, 9.17) is 0 Å². The van der Waals surface area contributed by atoms with Gasteiger partial charge in [-0.1, -0.05) is 18.2 Å². The average molecular weight is 243 g/mol. The predicted molar refractivity (Wildman–Crippen MR) is 75.9 cm³/mol. The van der Waals surface area contributed by atoms with Crippen LogP contribution in [0.15, 0.2) is 24.3 Å². The van der Waals surface area contributed by atoms with Crippen molar-refractivity contribution in [3.63, 3.8) is 0 Å². The summed E-state index contributed by atoms with van der Waals surface area (Å²) in [4.78, 5) is 2.39. The second-order valence-electron chi connectivity index (χ2n) is 5.41. The highest BCUT2D eigenvalue weighted by Crippen LogP contribution is 2.26. The molecule has 1 atom stereocenters.